The average Bonchev–Trinajstić information content (AvgIpc) is 3.06. The van der Waals surface area contributed by atoms with Crippen LogP contribution in [0, 0.1) is 5.92 Å². The molecule has 0 aliphatic heterocycles. The maximum absolute atomic E-state index is 12.8. The van der Waals surface area contributed by atoms with Gasteiger partial charge in [0.2, 0.25) is 5.56 Å². The minimum atomic E-state index is -0.0214. The first-order chi connectivity index (χ1) is 14.6. The number of ketones is 1. The number of aryl methyl sites for hydroxylation is 1. The number of rotatable bonds is 8. The number of methoxy groups -OCH3 is 2. The van der Waals surface area contributed by atoms with E-state index < -0.39 is 0 Å². The lowest BCUT2D eigenvalue weighted by molar-refractivity contribution is 0.0929. The van der Waals surface area contributed by atoms with E-state index in [9.17, 15) is 9.59 Å². The van der Waals surface area contributed by atoms with Crippen LogP contribution < -0.4 is 20.3 Å². The van der Waals surface area contributed by atoms with Crippen molar-refractivity contribution in [2.24, 2.45) is 5.92 Å². The molecule has 0 radical (unpaired) electrons. The fourth-order valence-electron chi connectivity index (χ4n) is 4.83. The predicted octanol–water partition coefficient (Wildman–Crippen LogP) is 3.58. The zero-order valence-electron chi connectivity index (χ0n) is 17.8. The first kappa shape index (κ1) is 20.7. The van der Waals surface area contributed by atoms with Gasteiger partial charge in [0.25, 0.3) is 0 Å². The molecule has 4 rings (SSSR count). The smallest absolute Gasteiger partial charge is 0.248 e. The number of nitrogens with one attached hydrogen (secondary N) is 2. The Morgan fingerprint density at radius 3 is 2.70 bits per heavy atom. The SMILES string of the molecule is COc1cc2c(cc1OC)C(=O)C(CCCCN[C@H]1CCCc3[nH]c(=O)ccc31)C2. The van der Waals surface area contributed by atoms with Gasteiger partial charge in [-0.2, -0.15) is 0 Å². The molecule has 30 heavy (non-hydrogen) atoms. The van der Waals surface area contributed by atoms with Gasteiger partial charge in [0, 0.05) is 29.3 Å². The van der Waals surface area contributed by atoms with Crippen LogP contribution in [0.25, 0.3) is 0 Å². The Morgan fingerprint density at radius 2 is 1.90 bits per heavy atom. The van der Waals surface area contributed by atoms with Crippen molar-refractivity contribution >= 4 is 5.78 Å². The highest BCUT2D eigenvalue weighted by atomic mass is 16.5. The molecule has 1 unspecified atom stereocenters. The van der Waals surface area contributed by atoms with Crippen molar-refractivity contribution in [3.05, 3.63) is 57.0 Å². The number of unbranched alkanes of at least 4 members (excludes halogenated alkanes) is 1. The summed E-state index contributed by atoms with van der Waals surface area (Å²) in [5.41, 5.74) is 4.13. The molecule has 1 aromatic heterocycles. The Morgan fingerprint density at radius 1 is 1.10 bits per heavy atom. The lowest BCUT2D eigenvalue weighted by atomic mass is 9.91. The molecule has 0 saturated heterocycles. The van der Waals surface area contributed by atoms with E-state index >= 15 is 0 Å². The second-order valence-corrected chi connectivity index (χ2v) is 8.28. The number of H-pyrrole nitrogens is 1. The minimum absolute atomic E-state index is 0.0214. The Labute approximate surface area is 177 Å². The van der Waals surface area contributed by atoms with E-state index in [0.29, 0.717) is 17.5 Å². The highest BCUT2D eigenvalue weighted by molar-refractivity contribution is 6.02. The zero-order chi connectivity index (χ0) is 21.1. The molecule has 2 aliphatic rings. The number of benzene rings is 1. The zero-order valence-corrected chi connectivity index (χ0v) is 17.8. The monoisotopic (exact) mass is 410 g/mol. The van der Waals surface area contributed by atoms with Crippen LogP contribution in [-0.4, -0.2) is 31.5 Å². The third kappa shape index (κ3) is 4.15. The van der Waals surface area contributed by atoms with Gasteiger partial charge < -0.3 is 19.8 Å². The van der Waals surface area contributed by atoms with Gasteiger partial charge in [-0.1, -0.05) is 12.5 Å². The molecule has 1 aromatic carbocycles. The molecule has 0 saturated carbocycles. The van der Waals surface area contributed by atoms with E-state index in [0.717, 1.165) is 68.3 Å². The van der Waals surface area contributed by atoms with Crippen LogP contribution in [0.4, 0.5) is 0 Å². The molecule has 0 fully saturated rings. The van der Waals surface area contributed by atoms with E-state index in [1.54, 1.807) is 20.3 Å². The minimum Gasteiger partial charge on any atom is -0.493 e. The van der Waals surface area contributed by atoms with Crippen LogP contribution in [0.15, 0.2) is 29.1 Å². The standard InChI is InChI=1S/C24H30N2O4/c1-29-21-13-16-12-15(24(28)18(16)14-22(21)30-2)6-3-4-11-25-19-7-5-8-20-17(19)9-10-23(27)26-20/h9-10,13-15,19,25H,3-8,11-12H2,1-2H3,(H,26,27)/t15?,19-/m0/s1. The van der Waals surface area contributed by atoms with Crippen molar-refractivity contribution in [2.45, 2.75) is 51.0 Å². The van der Waals surface area contributed by atoms with E-state index in [1.807, 2.05) is 18.2 Å². The highest BCUT2D eigenvalue weighted by Crippen LogP contribution is 2.38. The molecule has 0 amide bonds. The van der Waals surface area contributed by atoms with Crippen molar-refractivity contribution in [3.8, 4) is 11.5 Å². The van der Waals surface area contributed by atoms with Gasteiger partial charge in [-0.15, -0.1) is 0 Å². The third-order valence-corrected chi connectivity index (χ3v) is 6.41. The van der Waals surface area contributed by atoms with Gasteiger partial charge >= 0.3 is 0 Å². The number of pyridine rings is 1. The normalized spacial score (nSPS) is 20.0. The summed E-state index contributed by atoms with van der Waals surface area (Å²) in [6.45, 7) is 0.915. The molecule has 2 aliphatic carbocycles. The maximum Gasteiger partial charge on any atom is 0.248 e. The number of aromatic amines is 1. The number of aromatic nitrogens is 1. The summed E-state index contributed by atoms with van der Waals surface area (Å²) < 4.78 is 10.7. The number of hydrogen-bond donors (Lipinski definition) is 2. The van der Waals surface area contributed by atoms with E-state index in [1.165, 1.54) is 5.56 Å². The largest absolute Gasteiger partial charge is 0.493 e. The molecule has 6 heteroatoms. The number of ether oxygens (including phenoxy) is 2. The molecule has 2 aromatic rings. The predicted molar refractivity (Wildman–Crippen MR) is 116 cm³/mol. The average molecular weight is 411 g/mol. The lowest BCUT2D eigenvalue weighted by Gasteiger charge is -2.26. The number of fused-ring (bicyclic) bond motifs is 2. The summed E-state index contributed by atoms with van der Waals surface area (Å²) in [6.07, 6.45) is 6.85. The first-order valence-electron chi connectivity index (χ1n) is 10.8. The molecule has 160 valence electrons. The van der Waals surface area contributed by atoms with Gasteiger partial charge in [-0.25, -0.2) is 0 Å². The third-order valence-electron chi connectivity index (χ3n) is 6.41. The fourth-order valence-corrected chi connectivity index (χ4v) is 4.83. The van der Waals surface area contributed by atoms with E-state index in [4.69, 9.17) is 9.47 Å². The second kappa shape index (κ2) is 9.04. The van der Waals surface area contributed by atoms with E-state index in [-0.39, 0.29) is 17.3 Å². The Kier molecular flexibility index (Phi) is 6.23. The Balaban J connectivity index is 1.27. The molecule has 6 nitrogen and oxygen atoms in total. The second-order valence-electron chi connectivity index (χ2n) is 8.28. The maximum atomic E-state index is 12.8. The van der Waals surface area contributed by atoms with Crippen LogP contribution >= 0.6 is 0 Å². The van der Waals surface area contributed by atoms with Crippen molar-refractivity contribution in [3.63, 3.8) is 0 Å². The Hall–Kier alpha value is -2.60. The van der Waals surface area contributed by atoms with Crippen LogP contribution in [0.3, 0.4) is 0 Å². The van der Waals surface area contributed by atoms with Gasteiger partial charge in [-0.05, 0) is 68.3 Å². The summed E-state index contributed by atoms with van der Waals surface area (Å²) in [7, 11) is 3.21. The molecular weight excluding hydrogens is 380 g/mol. The lowest BCUT2D eigenvalue weighted by Crippen LogP contribution is -2.28. The van der Waals surface area contributed by atoms with Crippen LogP contribution in [0.2, 0.25) is 0 Å². The highest BCUT2D eigenvalue weighted by Gasteiger charge is 2.31. The molecule has 0 bridgehead atoms. The molecule has 1 heterocycles. The van der Waals surface area contributed by atoms with Crippen molar-refractivity contribution in [2.75, 3.05) is 20.8 Å². The summed E-state index contributed by atoms with van der Waals surface area (Å²) >= 11 is 0. The molecule has 2 N–H and O–H groups in total. The number of carbonyl (C=O) groups excluding carboxylic acids is 1. The summed E-state index contributed by atoms with van der Waals surface area (Å²) in [6, 6.07) is 7.65. The molecular formula is C24H30N2O4. The van der Waals surface area contributed by atoms with Gasteiger partial charge in [0.15, 0.2) is 17.3 Å². The number of Topliss-reactive ketones (excluding diaryl/α,β-unsaturated/α-hetero) is 1. The summed E-state index contributed by atoms with van der Waals surface area (Å²) in [5, 5.41) is 3.64. The van der Waals surface area contributed by atoms with Crippen molar-refractivity contribution in [1.82, 2.24) is 10.3 Å². The van der Waals surface area contributed by atoms with Gasteiger partial charge in [0.05, 0.1) is 14.2 Å². The molecule has 2 atom stereocenters. The Bertz CT molecular complexity index is 982. The van der Waals surface area contributed by atoms with Crippen molar-refractivity contribution in [1.29, 1.82) is 0 Å². The quantitative estimate of drug-likeness (QED) is 0.650. The molecule has 0 spiro atoms. The van der Waals surface area contributed by atoms with Crippen LogP contribution in [0.5, 0.6) is 11.5 Å². The van der Waals surface area contributed by atoms with Crippen LogP contribution in [0.1, 0.15) is 65.3 Å². The van der Waals surface area contributed by atoms with Gasteiger partial charge in [-0.3, -0.25) is 9.59 Å². The fraction of sp³-hybridized carbons (Fsp3) is 0.500. The number of carbonyl (C=O) groups is 1. The van der Waals surface area contributed by atoms with Crippen molar-refractivity contribution < 1.29 is 14.3 Å². The van der Waals surface area contributed by atoms with Crippen LogP contribution in [-0.2, 0) is 12.8 Å². The van der Waals surface area contributed by atoms with E-state index in [2.05, 4.69) is 10.3 Å². The summed E-state index contributed by atoms with van der Waals surface area (Å²) in [4.78, 5) is 27.3. The summed E-state index contributed by atoms with van der Waals surface area (Å²) in [5.74, 6) is 1.58. The topological polar surface area (TPSA) is 80.4 Å². The first-order valence-corrected chi connectivity index (χ1v) is 10.8. The number of hydrogen-bond acceptors (Lipinski definition) is 5. The van der Waals surface area contributed by atoms with Gasteiger partial charge in [0.1, 0.15) is 0 Å².